The van der Waals surface area contributed by atoms with E-state index in [1.807, 2.05) is 30.3 Å². The number of hydrogen-bond donors (Lipinski definition) is 2. The Labute approximate surface area is 145 Å². The fourth-order valence-electron chi connectivity index (χ4n) is 2.23. The summed E-state index contributed by atoms with van der Waals surface area (Å²) in [7, 11) is 1.58. The molecule has 1 amide bonds. The molecule has 0 saturated carbocycles. The van der Waals surface area contributed by atoms with Gasteiger partial charge in [-0.05, 0) is 42.0 Å². The highest BCUT2D eigenvalue weighted by Crippen LogP contribution is 2.17. The van der Waals surface area contributed by atoms with Crippen LogP contribution in [0.15, 0.2) is 67.1 Å². The number of nitrogens with one attached hydrogen (secondary N) is 2. The number of benzene rings is 1. The molecular weight excluding hydrogens is 316 g/mol. The summed E-state index contributed by atoms with van der Waals surface area (Å²) in [5.74, 6) is 0.412. The highest BCUT2D eigenvalue weighted by Gasteiger charge is 2.08. The van der Waals surface area contributed by atoms with E-state index >= 15 is 0 Å². The lowest BCUT2D eigenvalue weighted by Crippen LogP contribution is -2.13. The normalized spacial score (nSPS) is 10.1. The van der Waals surface area contributed by atoms with E-state index in [1.165, 1.54) is 0 Å². The zero-order chi connectivity index (χ0) is 17.5. The molecule has 3 aromatic rings. The van der Waals surface area contributed by atoms with Crippen molar-refractivity contribution in [2.24, 2.45) is 0 Å². The molecule has 2 N–H and O–H groups in total. The van der Waals surface area contributed by atoms with Crippen molar-refractivity contribution in [2.75, 3.05) is 17.7 Å². The van der Waals surface area contributed by atoms with Crippen LogP contribution in [0.25, 0.3) is 0 Å². The summed E-state index contributed by atoms with van der Waals surface area (Å²) in [6.07, 6.45) is 5.14. The van der Waals surface area contributed by atoms with Crippen molar-refractivity contribution >= 4 is 17.3 Å². The first-order chi connectivity index (χ1) is 12.2. The summed E-state index contributed by atoms with van der Waals surface area (Å²) in [6, 6.07) is 14.6. The Kier molecular flexibility index (Phi) is 5.21. The molecule has 0 aliphatic heterocycles. The molecule has 6 heteroatoms. The average Bonchev–Trinajstić information content (AvgIpc) is 2.67. The Morgan fingerprint density at radius 1 is 1.08 bits per heavy atom. The van der Waals surface area contributed by atoms with Gasteiger partial charge in [0.15, 0.2) is 0 Å². The molecular formula is C19H18N4O2. The molecule has 0 fully saturated rings. The molecule has 0 aliphatic carbocycles. The molecule has 0 aliphatic rings. The van der Waals surface area contributed by atoms with Crippen LogP contribution >= 0.6 is 0 Å². The summed E-state index contributed by atoms with van der Waals surface area (Å²) in [6.45, 7) is 0.666. The van der Waals surface area contributed by atoms with Gasteiger partial charge in [0, 0.05) is 30.7 Å². The number of ether oxygens (including phenoxy) is 1. The molecule has 126 valence electrons. The number of anilines is 2. The van der Waals surface area contributed by atoms with Crippen molar-refractivity contribution in [3.63, 3.8) is 0 Å². The highest BCUT2D eigenvalue weighted by molar-refractivity contribution is 6.03. The van der Waals surface area contributed by atoms with Gasteiger partial charge in [0.1, 0.15) is 11.4 Å². The monoisotopic (exact) mass is 334 g/mol. The van der Waals surface area contributed by atoms with Gasteiger partial charge in [0.2, 0.25) is 0 Å². The van der Waals surface area contributed by atoms with Gasteiger partial charge in [0.05, 0.1) is 19.0 Å². The number of nitrogens with zero attached hydrogens (tertiary/aromatic N) is 2. The second kappa shape index (κ2) is 7.92. The van der Waals surface area contributed by atoms with Crippen LogP contribution in [0.1, 0.15) is 16.1 Å². The summed E-state index contributed by atoms with van der Waals surface area (Å²) in [5.41, 5.74) is 2.97. The maximum absolute atomic E-state index is 12.3. The highest BCUT2D eigenvalue weighted by atomic mass is 16.5. The SMILES string of the molecule is COc1cccc(NC(=O)c2ccc(NCc3ccncc3)cn2)c1. The number of rotatable bonds is 6. The van der Waals surface area contributed by atoms with Crippen LogP contribution in [0.4, 0.5) is 11.4 Å². The van der Waals surface area contributed by atoms with E-state index in [0.29, 0.717) is 23.7 Å². The molecule has 2 heterocycles. The van der Waals surface area contributed by atoms with Crippen LogP contribution in [0.2, 0.25) is 0 Å². The molecule has 6 nitrogen and oxygen atoms in total. The van der Waals surface area contributed by atoms with E-state index in [2.05, 4.69) is 20.6 Å². The number of aromatic nitrogens is 2. The second-order valence-electron chi connectivity index (χ2n) is 5.33. The smallest absolute Gasteiger partial charge is 0.274 e. The third-order valence-corrected chi connectivity index (χ3v) is 3.57. The van der Waals surface area contributed by atoms with Gasteiger partial charge >= 0.3 is 0 Å². The van der Waals surface area contributed by atoms with Crippen LogP contribution in [0.3, 0.4) is 0 Å². The topological polar surface area (TPSA) is 76.1 Å². The van der Waals surface area contributed by atoms with E-state index in [-0.39, 0.29) is 5.91 Å². The van der Waals surface area contributed by atoms with Gasteiger partial charge in [-0.25, -0.2) is 4.98 Å². The second-order valence-corrected chi connectivity index (χ2v) is 5.33. The minimum atomic E-state index is -0.270. The van der Waals surface area contributed by atoms with E-state index in [0.717, 1.165) is 11.3 Å². The summed E-state index contributed by atoms with van der Waals surface area (Å²) in [4.78, 5) is 20.5. The Hall–Kier alpha value is -3.41. The summed E-state index contributed by atoms with van der Waals surface area (Å²) < 4.78 is 5.14. The van der Waals surface area contributed by atoms with Gasteiger partial charge in [-0.3, -0.25) is 9.78 Å². The first-order valence-electron chi connectivity index (χ1n) is 7.79. The maximum atomic E-state index is 12.3. The van der Waals surface area contributed by atoms with Crippen LogP contribution in [-0.2, 0) is 6.54 Å². The molecule has 25 heavy (non-hydrogen) atoms. The number of methoxy groups -OCH3 is 1. The number of pyridine rings is 2. The van der Waals surface area contributed by atoms with Crippen LogP contribution in [-0.4, -0.2) is 23.0 Å². The number of carbonyl (C=O) groups excluding carboxylic acids is 1. The molecule has 0 radical (unpaired) electrons. The predicted molar refractivity (Wildman–Crippen MR) is 96.7 cm³/mol. The molecule has 0 bridgehead atoms. The third kappa shape index (κ3) is 4.54. The fourth-order valence-corrected chi connectivity index (χ4v) is 2.23. The van der Waals surface area contributed by atoms with Gasteiger partial charge in [0.25, 0.3) is 5.91 Å². The molecule has 1 aromatic carbocycles. The van der Waals surface area contributed by atoms with Crippen molar-refractivity contribution in [3.8, 4) is 5.75 Å². The number of amides is 1. The van der Waals surface area contributed by atoms with Crippen molar-refractivity contribution in [1.29, 1.82) is 0 Å². The third-order valence-electron chi connectivity index (χ3n) is 3.57. The first-order valence-corrected chi connectivity index (χ1v) is 7.79. The lowest BCUT2D eigenvalue weighted by atomic mass is 10.2. The van der Waals surface area contributed by atoms with Crippen molar-refractivity contribution < 1.29 is 9.53 Å². The minimum Gasteiger partial charge on any atom is -0.497 e. The van der Waals surface area contributed by atoms with Gasteiger partial charge in [-0.1, -0.05) is 6.07 Å². The summed E-state index contributed by atoms with van der Waals surface area (Å²) >= 11 is 0. The maximum Gasteiger partial charge on any atom is 0.274 e. The van der Waals surface area contributed by atoms with Crippen LogP contribution in [0.5, 0.6) is 5.75 Å². The lowest BCUT2D eigenvalue weighted by molar-refractivity contribution is 0.102. The molecule has 0 atom stereocenters. The van der Waals surface area contributed by atoms with E-state index in [9.17, 15) is 4.79 Å². The predicted octanol–water partition coefficient (Wildman–Crippen LogP) is 3.35. The van der Waals surface area contributed by atoms with Crippen molar-refractivity contribution in [1.82, 2.24) is 9.97 Å². The largest absolute Gasteiger partial charge is 0.497 e. The van der Waals surface area contributed by atoms with E-state index < -0.39 is 0 Å². The van der Waals surface area contributed by atoms with Gasteiger partial charge < -0.3 is 15.4 Å². The average molecular weight is 334 g/mol. The molecule has 0 saturated heterocycles. The van der Waals surface area contributed by atoms with E-state index in [4.69, 9.17) is 4.74 Å². The van der Waals surface area contributed by atoms with Crippen molar-refractivity contribution in [2.45, 2.75) is 6.54 Å². The van der Waals surface area contributed by atoms with Crippen molar-refractivity contribution in [3.05, 3.63) is 78.4 Å². The molecule has 0 unspecified atom stereocenters. The zero-order valence-electron chi connectivity index (χ0n) is 13.8. The number of carbonyl (C=O) groups is 1. The molecule has 0 spiro atoms. The first kappa shape index (κ1) is 16.4. The Morgan fingerprint density at radius 2 is 1.92 bits per heavy atom. The van der Waals surface area contributed by atoms with Crippen LogP contribution in [0, 0.1) is 0 Å². The lowest BCUT2D eigenvalue weighted by Gasteiger charge is -2.08. The van der Waals surface area contributed by atoms with Gasteiger partial charge in [-0.15, -0.1) is 0 Å². The zero-order valence-corrected chi connectivity index (χ0v) is 13.8. The fraction of sp³-hybridized carbons (Fsp3) is 0.105. The Bertz CT molecular complexity index is 836. The Balaban J connectivity index is 1.60. The number of hydrogen-bond acceptors (Lipinski definition) is 5. The Morgan fingerprint density at radius 3 is 2.64 bits per heavy atom. The standard InChI is InChI=1S/C19H18N4O2/c1-25-17-4-2-3-15(11-17)23-19(24)18-6-5-16(13-22-18)21-12-14-7-9-20-10-8-14/h2-11,13,21H,12H2,1H3,(H,23,24). The molecule has 2 aromatic heterocycles. The van der Waals surface area contributed by atoms with Gasteiger partial charge in [-0.2, -0.15) is 0 Å². The van der Waals surface area contributed by atoms with E-state index in [1.54, 1.807) is 43.9 Å². The summed E-state index contributed by atoms with van der Waals surface area (Å²) in [5, 5.41) is 6.05. The van der Waals surface area contributed by atoms with Crippen LogP contribution < -0.4 is 15.4 Å². The minimum absolute atomic E-state index is 0.270. The molecule has 3 rings (SSSR count). The quantitative estimate of drug-likeness (QED) is 0.723.